The summed E-state index contributed by atoms with van der Waals surface area (Å²) in [7, 11) is 0. The number of thiazole rings is 1. The first kappa shape index (κ1) is 15.2. The van der Waals surface area contributed by atoms with Crippen molar-refractivity contribution in [3.8, 4) is 11.8 Å². The van der Waals surface area contributed by atoms with Crippen molar-refractivity contribution in [1.29, 1.82) is 0 Å². The van der Waals surface area contributed by atoms with Crippen LogP contribution in [0.15, 0.2) is 29.8 Å². The summed E-state index contributed by atoms with van der Waals surface area (Å²) in [5.41, 5.74) is 2.14. The molecule has 0 bridgehead atoms. The molecule has 1 unspecified atom stereocenters. The Morgan fingerprint density at radius 3 is 3.00 bits per heavy atom. The molecule has 0 aliphatic heterocycles. The number of carbonyl (C=O) groups is 1. The number of aryl methyl sites for hydroxylation is 1. The maximum absolute atomic E-state index is 12.4. The van der Waals surface area contributed by atoms with Crippen LogP contribution in [0, 0.1) is 18.8 Å². The van der Waals surface area contributed by atoms with E-state index in [1.54, 1.807) is 12.3 Å². The minimum Gasteiger partial charge on any atom is -0.384 e. The van der Waals surface area contributed by atoms with Gasteiger partial charge in [-0.2, -0.15) is 0 Å². The van der Waals surface area contributed by atoms with Gasteiger partial charge in [0, 0.05) is 17.1 Å². The molecule has 2 aromatic rings. The number of benzene rings is 1. The van der Waals surface area contributed by atoms with Gasteiger partial charge in [-0.1, -0.05) is 17.9 Å². The molecule has 1 amide bonds. The maximum atomic E-state index is 12.4. The number of hydrogen-bond acceptors (Lipinski definition) is 4. The van der Waals surface area contributed by atoms with Crippen LogP contribution in [0.5, 0.6) is 0 Å². The van der Waals surface area contributed by atoms with Crippen LogP contribution in [-0.4, -0.2) is 22.6 Å². The van der Waals surface area contributed by atoms with Crippen LogP contribution in [0.3, 0.4) is 0 Å². The lowest BCUT2D eigenvalue weighted by Crippen LogP contribution is -2.27. The zero-order chi connectivity index (χ0) is 15.2. The highest BCUT2D eigenvalue weighted by molar-refractivity contribution is 7.09. The molecule has 1 aromatic heterocycles. The molecule has 1 aromatic carbocycles. The SMILES string of the molecule is Cc1ccc(C(=O)NC(C)c2nccs2)c(C#CCO)c1. The standard InChI is InChI=1S/C16H16N2O2S/c1-11-5-6-14(13(10-11)4-3-8-19)15(20)18-12(2)16-17-7-9-21-16/h5-7,9-10,12,19H,8H2,1-2H3,(H,18,20). The van der Waals surface area contributed by atoms with Crippen LogP contribution in [0.1, 0.15) is 39.5 Å². The largest absolute Gasteiger partial charge is 0.384 e. The Morgan fingerprint density at radius 2 is 2.33 bits per heavy atom. The number of carbonyl (C=O) groups excluding carboxylic acids is 1. The molecule has 21 heavy (non-hydrogen) atoms. The van der Waals surface area contributed by atoms with E-state index in [9.17, 15) is 4.79 Å². The second-order valence-electron chi connectivity index (χ2n) is 4.57. The first-order chi connectivity index (χ1) is 10.1. The zero-order valence-corrected chi connectivity index (χ0v) is 12.7. The number of rotatable bonds is 3. The predicted octanol–water partition coefficient (Wildman–Crippen LogP) is 2.29. The molecule has 1 atom stereocenters. The van der Waals surface area contributed by atoms with Gasteiger partial charge < -0.3 is 10.4 Å². The van der Waals surface area contributed by atoms with Gasteiger partial charge in [-0.15, -0.1) is 11.3 Å². The molecule has 2 N–H and O–H groups in total. The summed E-state index contributed by atoms with van der Waals surface area (Å²) in [5, 5.41) is 14.5. The fourth-order valence-electron chi connectivity index (χ4n) is 1.88. The van der Waals surface area contributed by atoms with Gasteiger partial charge in [0.15, 0.2) is 0 Å². The third-order valence-electron chi connectivity index (χ3n) is 2.89. The van der Waals surface area contributed by atoms with Crippen molar-refractivity contribution in [2.45, 2.75) is 19.9 Å². The summed E-state index contributed by atoms with van der Waals surface area (Å²) in [6.07, 6.45) is 1.71. The Labute approximate surface area is 127 Å². The van der Waals surface area contributed by atoms with Gasteiger partial charge in [0.2, 0.25) is 0 Å². The summed E-state index contributed by atoms with van der Waals surface area (Å²) >= 11 is 1.50. The highest BCUT2D eigenvalue weighted by Gasteiger charge is 2.15. The Bertz CT molecular complexity index is 684. The van der Waals surface area contributed by atoms with E-state index in [1.807, 2.05) is 31.4 Å². The van der Waals surface area contributed by atoms with Crippen molar-refractivity contribution in [2.75, 3.05) is 6.61 Å². The Kier molecular flexibility index (Phi) is 5.09. The molecule has 2 rings (SSSR count). The van der Waals surface area contributed by atoms with Crippen molar-refractivity contribution in [2.24, 2.45) is 0 Å². The van der Waals surface area contributed by atoms with Gasteiger partial charge in [-0.25, -0.2) is 4.98 Å². The highest BCUT2D eigenvalue weighted by atomic mass is 32.1. The quantitative estimate of drug-likeness (QED) is 0.855. The topological polar surface area (TPSA) is 62.2 Å². The Hall–Kier alpha value is -2.16. The fraction of sp³-hybridized carbons (Fsp3) is 0.250. The normalized spacial score (nSPS) is 11.4. The second kappa shape index (κ2) is 7.02. The third kappa shape index (κ3) is 3.91. The third-order valence-corrected chi connectivity index (χ3v) is 3.85. The van der Waals surface area contributed by atoms with Gasteiger partial charge in [0.25, 0.3) is 5.91 Å². The van der Waals surface area contributed by atoms with Crippen LogP contribution in [0.25, 0.3) is 0 Å². The highest BCUT2D eigenvalue weighted by Crippen LogP contribution is 2.17. The molecular formula is C16H16N2O2S. The monoisotopic (exact) mass is 300 g/mol. The van der Waals surface area contributed by atoms with Gasteiger partial charge in [-0.3, -0.25) is 4.79 Å². The first-order valence-electron chi connectivity index (χ1n) is 6.52. The summed E-state index contributed by atoms with van der Waals surface area (Å²) in [6.45, 7) is 3.60. The molecule has 108 valence electrons. The Balaban J connectivity index is 2.22. The smallest absolute Gasteiger partial charge is 0.253 e. The molecule has 5 heteroatoms. The molecule has 0 saturated heterocycles. The average molecular weight is 300 g/mol. The van der Waals surface area contributed by atoms with Crippen LogP contribution in [-0.2, 0) is 0 Å². The summed E-state index contributed by atoms with van der Waals surface area (Å²) in [6, 6.07) is 5.30. The number of amides is 1. The molecule has 1 heterocycles. The average Bonchev–Trinajstić information content (AvgIpc) is 2.99. The summed E-state index contributed by atoms with van der Waals surface area (Å²) in [5.74, 6) is 5.21. The molecule has 4 nitrogen and oxygen atoms in total. The van der Waals surface area contributed by atoms with Gasteiger partial charge in [-0.05, 0) is 31.5 Å². The van der Waals surface area contributed by atoms with E-state index in [-0.39, 0.29) is 18.6 Å². The molecule has 0 saturated carbocycles. The lowest BCUT2D eigenvalue weighted by molar-refractivity contribution is 0.0939. The number of nitrogens with one attached hydrogen (secondary N) is 1. The maximum Gasteiger partial charge on any atom is 0.253 e. The van der Waals surface area contributed by atoms with Crippen LogP contribution in [0.4, 0.5) is 0 Å². The van der Waals surface area contributed by atoms with Crippen LogP contribution in [0.2, 0.25) is 0 Å². The van der Waals surface area contributed by atoms with Gasteiger partial charge in [0.05, 0.1) is 11.6 Å². The molecule has 0 fully saturated rings. The lowest BCUT2D eigenvalue weighted by Gasteiger charge is -2.12. The van der Waals surface area contributed by atoms with E-state index < -0.39 is 0 Å². The molecule has 0 spiro atoms. The molecule has 0 radical (unpaired) electrons. The number of aromatic nitrogens is 1. The van der Waals surface area contributed by atoms with E-state index in [2.05, 4.69) is 22.1 Å². The summed E-state index contributed by atoms with van der Waals surface area (Å²) < 4.78 is 0. The minimum atomic E-state index is -0.232. The van der Waals surface area contributed by atoms with E-state index in [0.717, 1.165) is 10.6 Å². The van der Waals surface area contributed by atoms with Gasteiger partial charge in [0.1, 0.15) is 11.6 Å². The van der Waals surface area contributed by atoms with E-state index >= 15 is 0 Å². The summed E-state index contributed by atoms with van der Waals surface area (Å²) in [4.78, 5) is 16.6. The van der Waals surface area contributed by atoms with Crippen molar-refractivity contribution >= 4 is 17.2 Å². The van der Waals surface area contributed by atoms with Crippen molar-refractivity contribution in [3.63, 3.8) is 0 Å². The zero-order valence-electron chi connectivity index (χ0n) is 11.9. The molecule has 0 aliphatic carbocycles. The number of aliphatic hydroxyl groups is 1. The second-order valence-corrected chi connectivity index (χ2v) is 5.50. The predicted molar refractivity (Wildman–Crippen MR) is 83.1 cm³/mol. The lowest BCUT2D eigenvalue weighted by atomic mass is 10.0. The van der Waals surface area contributed by atoms with E-state index in [0.29, 0.717) is 11.1 Å². The molecule has 0 aliphatic rings. The number of hydrogen-bond donors (Lipinski definition) is 2. The van der Waals surface area contributed by atoms with Crippen molar-refractivity contribution < 1.29 is 9.90 Å². The van der Waals surface area contributed by atoms with Crippen molar-refractivity contribution in [3.05, 3.63) is 51.5 Å². The van der Waals surface area contributed by atoms with Crippen molar-refractivity contribution in [1.82, 2.24) is 10.3 Å². The van der Waals surface area contributed by atoms with Crippen LogP contribution < -0.4 is 5.32 Å². The van der Waals surface area contributed by atoms with Gasteiger partial charge >= 0.3 is 0 Å². The first-order valence-corrected chi connectivity index (χ1v) is 7.40. The Morgan fingerprint density at radius 1 is 1.52 bits per heavy atom. The van der Waals surface area contributed by atoms with E-state index in [1.165, 1.54) is 11.3 Å². The number of aliphatic hydroxyl groups excluding tert-OH is 1. The number of nitrogens with zero attached hydrogens (tertiary/aromatic N) is 1. The molecular weight excluding hydrogens is 284 g/mol. The fourth-order valence-corrected chi connectivity index (χ4v) is 2.52. The van der Waals surface area contributed by atoms with E-state index in [4.69, 9.17) is 5.11 Å². The minimum absolute atomic E-state index is 0.155. The van der Waals surface area contributed by atoms with Crippen LogP contribution >= 0.6 is 11.3 Å².